The van der Waals surface area contributed by atoms with Gasteiger partial charge in [-0.2, -0.15) is 0 Å². The maximum absolute atomic E-state index is 11.9. The molecule has 0 bridgehead atoms. The van der Waals surface area contributed by atoms with Crippen molar-refractivity contribution < 1.29 is 9.53 Å². The van der Waals surface area contributed by atoms with Crippen molar-refractivity contribution >= 4 is 11.6 Å². The monoisotopic (exact) mass is 298 g/mol. The molecule has 0 aliphatic heterocycles. The largest absolute Gasteiger partial charge is 0.493 e. The van der Waals surface area contributed by atoms with Gasteiger partial charge >= 0.3 is 0 Å². The van der Waals surface area contributed by atoms with Crippen LogP contribution in [-0.2, 0) is 11.3 Å². The molecule has 0 fully saturated rings. The van der Waals surface area contributed by atoms with Crippen molar-refractivity contribution in [3.05, 3.63) is 59.7 Å². The Kier molecular flexibility index (Phi) is 5.98. The molecule has 0 heterocycles. The van der Waals surface area contributed by atoms with Crippen LogP contribution < -0.4 is 15.4 Å². The third-order valence-corrected chi connectivity index (χ3v) is 3.18. The fourth-order valence-corrected chi connectivity index (χ4v) is 2.15. The second-order valence-corrected chi connectivity index (χ2v) is 5.19. The van der Waals surface area contributed by atoms with Gasteiger partial charge in [0.15, 0.2) is 0 Å². The second-order valence-electron chi connectivity index (χ2n) is 5.19. The van der Waals surface area contributed by atoms with E-state index in [0.29, 0.717) is 13.0 Å². The van der Waals surface area contributed by atoms with E-state index in [1.807, 2.05) is 62.5 Å². The minimum Gasteiger partial charge on any atom is -0.493 e. The van der Waals surface area contributed by atoms with Crippen molar-refractivity contribution in [2.75, 3.05) is 19.0 Å². The van der Waals surface area contributed by atoms with Crippen LogP contribution in [0.25, 0.3) is 0 Å². The smallest absolute Gasteiger partial charge is 0.227 e. The molecule has 2 aromatic rings. The number of amides is 1. The lowest BCUT2D eigenvalue weighted by atomic mass is 10.2. The van der Waals surface area contributed by atoms with E-state index in [4.69, 9.17) is 4.74 Å². The van der Waals surface area contributed by atoms with Crippen LogP contribution in [0.1, 0.15) is 17.5 Å². The Labute approximate surface area is 131 Å². The SMILES string of the molecule is CNCc1cccc(NC(=O)CCOc2cccc(C)c2)c1. The average Bonchev–Trinajstić information content (AvgIpc) is 2.48. The number of hydrogen-bond donors (Lipinski definition) is 2. The Balaban J connectivity index is 1.79. The highest BCUT2D eigenvalue weighted by Gasteiger charge is 2.04. The van der Waals surface area contributed by atoms with Gasteiger partial charge in [-0.1, -0.05) is 24.3 Å². The lowest BCUT2D eigenvalue weighted by Gasteiger charge is -2.09. The number of rotatable bonds is 7. The van der Waals surface area contributed by atoms with E-state index in [9.17, 15) is 4.79 Å². The number of benzene rings is 2. The molecule has 4 nitrogen and oxygen atoms in total. The van der Waals surface area contributed by atoms with Gasteiger partial charge in [0.1, 0.15) is 5.75 Å². The Hall–Kier alpha value is -2.33. The summed E-state index contributed by atoms with van der Waals surface area (Å²) in [7, 11) is 1.90. The fourth-order valence-electron chi connectivity index (χ4n) is 2.15. The minimum absolute atomic E-state index is 0.0470. The predicted octanol–water partition coefficient (Wildman–Crippen LogP) is 3.12. The first kappa shape index (κ1) is 16.0. The van der Waals surface area contributed by atoms with Crippen molar-refractivity contribution in [1.29, 1.82) is 0 Å². The number of carbonyl (C=O) groups excluding carboxylic acids is 1. The molecule has 4 heteroatoms. The first-order valence-corrected chi connectivity index (χ1v) is 7.40. The molecule has 22 heavy (non-hydrogen) atoms. The summed E-state index contributed by atoms with van der Waals surface area (Å²) in [6, 6.07) is 15.6. The van der Waals surface area contributed by atoms with E-state index in [1.165, 1.54) is 0 Å². The van der Waals surface area contributed by atoms with E-state index in [2.05, 4.69) is 10.6 Å². The molecule has 0 saturated heterocycles. The number of ether oxygens (including phenoxy) is 1. The molecule has 0 atom stereocenters. The maximum atomic E-state index is 11.9. The van der Waals surface area contributed by atoms with Gasteiger partial charge in [-0.3, -0.25) is 4.79 Å². The molecule has 0 radical (unpaired) electrons. The van der Waals surface area contributed by atoms with Crippen molar-refractivity contribution in [1.82, 2.24) is 5.32 Å². The maximum Gasteiger partial charge on any atom is 0.227 e. The molecular weight excluding hydrogens is 276 g/mol. The zero-order valence-electron chi connectivity index (χ0n) is 13.1. The number of aryl methyl sites for hydroxylation is 1. The zero-order valence-corrected chi connectivity index (χ0v) is 13.1. The summed E-state index contributed by atoms with van der Waals surface area (Å²) in [5.41, 5.74) is 3.09. The summed E-state index contributed by atoms with van der Waals surface area (Å²) in [4.78, 5) is 11.9. The van der Waals surface area contributed by atoms with Crippen molar-refractivity contribution in [2.24, 2.45) is 0 Å². The predicted molar refractivity (Wildman–Crippen MR) is 89.1 cm³/mol. The van der Waals surface area contributed by atoms with Crippen LogP contribution in [0.4, 0.5) is 5.69 Å². The van der Waals surface area contributed by atoms with Gasteiger partial charge in [-0.05, 0) is 49.4 Å². The molecule has 0 aromatic heterocycles. The van der Waals surface area contributed by atoms with Gasteiger partial charge in [-0.25, -0.2) is 0 Å². The second kappa shape index (κ2) is 8.20. The molecule has 2 aromatic carbocycles. The van der Waals surface area contributed by atoms with Gasteiger partial charge < -0.3 is 15.4 Å². The van der Waals surface area contributed by atoms with Crippen LogP contribution in [0.2, 0.25) is 0 Å². The van der Waals surface area contributed by atoms with Gasteiger partial charge in [-0.15, -0.1) is 0 Å². The summed E-state index contributed by atoms with van der Waals surface area (Å²) in [6.45, 7) is 3.16. The number of anilines is 1. The summed E-state index contributed by atoms with van der Waals surface area (Å²) in [5.74, 6) is 0.748. The van der Waals surface area contributed by atoms with Gasteiger partial charge in [0.2, 0.25) is 5.91 Å². The number of nitrogens with one attached hydrogen (secondary N) is 2. The van der Waals surface area contributed by atoms with Gasteiger partial charge in [0, 0.05) is 12.2 Å². The summed E-state index contributed by atoms with van der Waals surface area (Å²) in [6.07, 6.45) is 0.324. The Bertz CT molecular complexity index is 626. The van der Waals surface area contributed by atoms with E-state index >= 15 is 0 Å². The highest BCUT2D eigenvalue weighted by Crippen LogP contribution is 2.13. The molecule has 2 N–H and O–H groups in total. The van der Waals surface area contributed by atoms with Crippen molar-refractivity contribution in [3.8, 4) is 5.75 Å². The lowest BCUT2D eigenvalue weighted by Crippen LogP contribution is -2.15. The Morgan fingerprint density at radius 2 is 1.95 bits per heavy atom. The molecule has 2 rings (SSSR count). The average molecular weight is 298 g/mol. The van der Waals surface area contributed by atoms with Crippen molar-refractivity contribution in [2.45, 2.75) is 19.9 Å². The molecular formula is C18H22N2O2. The number of carbonyl (C=O) groups is 1. The standard InChI is InChI=1S/C18H22N2O2/c1-14-5-3-8-17(11-14)22-10-9-18(21)20-16-7-4-6-15(12-16)13-19-2/h3-8,11-12,19H,9-10,13H2,1-2H3,(H,20,21). The van der Waals surface area contributed by atoms with E-state index in [0.717, 1.165) is 29.1 Å². The summed E-state index contributed by atoms with van der Waals surface area (Å²) < 4.78 is 5.59. The van der Waals surface area contributed by atoms with E-state index in [1.54, 1.807) is 0 Å². The third-order valence-electron chi connectivity index (χ3n) is 3.18. The van der Waals surface area contributed by atoms with E-state index < -0.39 is 0 Å². The molecule has 1 amide bonds. The fraction of sp³-hybridized carbons (Fsp3) is 0.278. The quantitative estimate of drug-likeness (QED) is 0.825. The van der Waals surface area contributed by atoms with Crippen LogP contribution in [0.5, 0.6) is 5.75 Å². The topological polar surface area (TPSA) is 50.4 Å². The highest BCUT2D eigenvalue weighted by molar-refractivity contribution is 5.90. The Morgan fingerprint density at radius 1 is 1.14 bits per heavy atom. The Morgan fingerprint density at radius 3 is 2.73 bits per heavy atom. The van der Waals surface area contributed by atoms with Crippen LogP contribution in [0, 0.1) is 6.92 Å². The molecule has 0 unspecified atom stereocenters. The van der Waals surface area contributed by atoms with Crippen molar-refractivity contribution in [3.63, 3.8) is 0 Å². The third kappa shape index (κ3) is 5.22. The highest BCUT2D eigenvalue weighted by atomic mass is 16.5. The summed E-state index contributed by atoms with van der Waals surface area (Å²) >= 11 is 0. The normalized spacial score (nSPS) is 10.3. The first-order valence-electron chi connectivity index (χ1n) is 7.40. The summed E-state index contributed by atoms with van der Waals surface area (Å²) in [5, 5.41) is 5.98. The molecule has 0 aliphatic rings. The number of hydrogen-bond acceptors (Lipinski definition) is 3. The van der Waals surface area contributed by atoms with Gasteiger partial charge in [0.25, 0.3) is 0 Å². The van der Waals surface area contributed by atoms with Crippen LogP contribution in [0.3, 0.4) is 0 Å². The zero-order chi connectivity index (χ0) is 15.8. The van der Waals surface area contributed by atoms with E-state index in [-0.39, 0.29) is 5.91 Å². The van der Waals surface area contributed by atoms with Crippen LogP contribution in [0.15, 0.2) is 48.5 Å². The lowest BCUT2D eigenvalue weighted by molar-refractivity contribution is -0.116. The van der Waals surface area contributed by atoms with Crippen LogP contribution >= 0.6 is 0 Å². The van der Waals surface area contributed by atoms with Gasteiger partial charge in [0.05, 0.1) is 13.0 Å². The van der Waals surface area contributed by atoms with Crippen LogP contribution in [-0.4, -0.2) is 19.6 Å². The molecule has 0 saturated carbocycles. The molecule has 0 aliphatic carbocycles. The first-order chi connectivity index (χ1) is 10.7. The minimum atomic E-state index is -0.0470. The molecule has 116 valence electrons. The molecule has 0 spiro atoms.